The molecule has 2 nitrogen and oxygen atoms in total. The maximum atomic E-state index is 5.48. The van der Waals surface area contributed by atoms with E-state index in [4.69, 9.17) is 5.73 Å². The first-order valence-electron chi connectivity index (χ1n) is 3.26. The smallest absolute Gasteiger partial charge is 0.0591 e. The standard InChI is InChI=1S/C6H14N2S/c1-6(2)8-5(3-7)4-9-6/h5,8H,3-4,7H2,1-2H3. The van der Waals surface area contributed by atoms with E-state index in [0.717, 1.165) is 12.3 Å². The van der Waals surface area contributed by atoms with E-state index in [1.807, 2.05) is 11.8 Å². The molecule has 9 heavy (non-hydrogen) atoms. The van der Waals surface area contributed by atoms with Crippen molar-refractivity contribution in [3.63, 3.8) is 0 Å². The van der Waals surface area contributed by atoms with Crippen molar-refractivity contribution in [1.82, 2.24) is 5.32 Å². The lowest BCUT2D eigenvalue weighted by atomic mass is 10.3. The van der Waals surface area contributed by atoms with Crippen molar-refractivity contribution in [2.75, 3.05) is 12.3 Å². The van der Waals surface area contributed by atoms with Gasteiger partial charge in [0.15, 0.2) is 0 Å². The highest BCUT2D eigenvalue weighted by atomic mass is 32.2. The number of nitrogens with one attached hydrogen (secondary N) is 1. The fraction of sp³-hybridized carbons (Fsp3) is 1.00. The topological polar surface area (TPSA) is 38.0 Å². The monoisotopic (exact) mass is 146 g/mol. The second kappa shape index (κ2) is 2.48. The highest BCUT2D eigenvalue weighted by Crippen LogP contribution is 2.28. The maximum absolute atomic E-state index is 5.48. The summed E-state index contributed by atoms with van der Waals surface area (Å²) in [5.41, 5.74) is 5.48. The molecule has 0 saturated carbocycles. The van der Waals surface area contributed by atoms with Crippen LogP contribution in [0.5, 0.6) is 0 Å². The summed E-state index contributed by atoms with van der Waals surface area (Å²) in [5, 5.41) is 3.42. The van der Waals surface area contributed by atoms with Gasteiger partial charge in [-0.15, -0.1) is 11.8 Å². The molecule has 1 aliphatic heterocycles. The first-order chi connectivity index (χ1) is 4.14. The minimum absolute atomic E-state index is 0.254. The predicted octanol–water partition coefficient (Wildman–Crippen LogP) is 0.386. The van der Waals surface area contributed by atoms with E-state index < -0.39 is 0 Å². The number of hydrogen-bond acceptors (Lipinski definition) is 3. The summed E-state index contributed by atoms with van der Waals surface area (Å²) in [4.78, 5) is 0.254. The lowest BCUT2D eigenvalue weighted by Gasteiger charge is -2.17. The Bertz CT molecular complexity index is 103. The Hall–Kier alpha value is 0.270. The van der Waals surface area contributed by atoms with Crippen molar-refractivity contribution < 1.29 is 0 Å². The van der Waals surface area contributed by atoms with Crippen LogP contribution in [-0.4, -0.2) is 23.2 Å². The van der Waals surface area contributed by atoms with Crippen molar-refractivity contribution >= 4 is 11.8 Å². The summed E-state index contributed by atoms with van der Waals surface area (Å²) < 4.78 is 0. The maximum Gasteiger partial charge on any atom is 0.0591 e. The average Bonchev–Trinajstić information content (AvgIpc) is 2.10. The van der Waals surface area contributed by atoms with Crippen molar-refractivity contribution in [2.24, 2.45) is 5.73 Å². The second-order valence-electron chi connectivity index (χ2n) is 2.90. The number of nitrogens with two attached hydrogens (primary N) is 1. The third-order valence-corrected chi connectivity index (χ3v) is 2.89. The van der Waals surface area contributed by atoms with Crippen LogP contribution in [0.3, 0.4) is 0 Å². The molecule has 1 heterocycles. The lowest BCUT2D eigenvalue weighted by molar-refractivity contribution is 0.498. The summed E-state index contributed by atoms with van der Waals surface area (Å²) >= 11 is 1.94. The van der Waals surface area contributed by atoms with Crippen molar-refractivity contribution in [1.29, 1.82) is 0 Å². The molecule has 0 aromatic rings. The average molecular weight is 146 g/mol. The molecular weight excluding hydrogens is 132 g/mol. The highest BCUT2D eigenvalue weighted by molar-refractivity contribution is 8.00. The molecule has 1 saturated heterocycles. The molecule has 54 valence electrons. The first-order valence-corrected chi connectivity index (χ1v) is 4.24. The third kappa shape index (κ3) is 1.85. The normalized spacial score (nSPS) is 33.0. The molecule has 0 aromatic heterocycles. The van der Waals surface area contributed by atoms with Crippen LogP contribution in [0, 0.1) is 0 Å². The fourth-order valence-electron chi connectivity index (χ4n) is 1.01. The van der Waals surface area contributed by atoms with E-state index >= 15 is 0 Å². The van der Waals surface area contributed by atoms with Crippen LogP contribution >= 0.6 is 11.8 Å². The molecule has 0 bridgehead atoms. The SMILES string of the molecule is CC1(C)NC(CN)CS1. The van der Waals surface area contributed by atoms with Crippen LogP contribution in [-0.2, 0) is 0 Å². The van der Waals surface area contributed by atoms with Gasteiger partial charge in [0.25, 0.3) is 0 Å². The molecule has 3 heteroatoms. The Labute approximate surface area is 60.6 Å². The van der Waals surface area contributed by atoms with E-state index in [1.165, 1.54) is 0 Å². The molecule has 0 spiro atoms. The van der Waals surface area contributed by atoms with E-state index in [2.05, 4.69) is 19.2 Å². The summed E-state index contributed by atoms with van der Waals surface area (Å²) in [6.45, 7) is 5.14. The molecule has 0 radical (unpaired) electrons. The van der Waals surface area contributed by atoms with Gasteiger partial charge in [-0.25, -0.2) is 0 Å². The van der Waals surface area contributed by atoms with Crippen molar-refractivity contribution in [2.45, 2.75) is 24.8 Å². The number of thioether (sulfide) groups is 1. The van der Waals surface area contributed by atoms with Crippen LogP contribution < -0.4 is 11.1 Å². The summed E-state index contributed by atoms with van der Waals surface area (Å²) in [5.74, 6) is 1.16. The zero-order valence-corrected chi connectivity index (χ0v) is 6.79. The molecule has 3 N–H and O–H groups in total. The Balaban J connectivity index is 2.38. The molecule has 1 rings (SSSR count). The fourth-order valence-corrected chi connectivity index (χ4v) is 2.10. The van der Waals surface area contributed by atoms with Gasteiger partial charge >= 0.3 is 0 Å². The van der Waals surface area contributed by atoms with Crippen LogP contribution in [0.1, 0.15) is 13.8 Å². The minimum atomic E-state index is 0.254. The largest absolute Gasteiger partial charge is 0.329 e. The third-order valence-electron chi connectivity index (χ3n) is 1.48. The van der Waals surface area contributed by atoms with Crippen molar-refractivity contribution in [3.05, 3.63) is 0 Å². The first kappa shape index (κ1) is 7.38. The van der Waals surface area contributed by atoms with E-state index in [-0.39, 0.29) is 4.87 Å². The number of hydrogen-bond donors (Lipinski definition) is 2. The molecule has 1 fully saturated rings. The molecule has 0 aromatic carbocycles. The Kier molecular flexibility index (Phi) is 2.03. The minimum Gasteiger partial charge on any atom is -0.329 e. The zero-order chi connectivity index (χ0) is 6.91. The zero-order valence-electron chi connectivity index (χ0n) is 5.98. The van der Waals surface area contributed by atoms with Gasteiger partial charge < -0.3 is 5.73 Å². The second-order valence-corrected chi connectivity index (χ2v) is 4.54. The highest BCUT2D eigenvalue weighted by Gasteiger charge is 2.29. The van der Waals surface area contributed by atoms with Crippen LogP contribution in [0.25, 0.3) is 0 Å². The van der Waals surface area contributed by atoms with E-state index in [0.29, 0.717) is 6.04 Å². The van der Waals surface area contributed by atoms with Gasteiger partial charge in [-0.1, -0.05) is 0 Å². The van der Waals surface area contributed by atoms with Crippen LogP contribution in [0.4, 0.5) is 0 Å². The molecule has 0 aliphatic carbocycles. The van der Waals surface area contributed by atoms with E-state index in [9.17, 15) is 0 Å². The van der Waals surface area contributed by atoms with Gasteiger partial charge in [-0.05, 0) is 13.8 Å². The lowest BCUT2D eigenvalue weighted by Crippen LogP contribution is -2.40. The molecule has 0 amide bonds. The summed E-state index contributed by atoms with van der Waals surface area (Å²) in [7, 11) is 0. The Morgan fingerprint density at radius 1 is 1.78 bits per heavy atom. The van der Waals surface area contributed by atoms with E-state index in [1.54, 1.807) is 0 Å². The van der Waals surface area contributed by atoms with Gasteiger partial charge in [-0.3, -0.25) is 5.32 Å². The molecule has 1 unspecified atom stereocenters. The Morgan fingerprint density at radius 2 is 2.44 bits per heavy atom. The van der Waals surface area contributed by atoms with Crippen LogP contribution in [0.15, 0.2) is 0 Å². The molecule has 1 atom stereocenters. The van der Waals surface area contributed by atoms with Gasteiger partial charge in [0.2, 0.25) is 0 Å². The van der Waals surface area contributed by atoms with Gasteiger partial charge in [-0.2, -0.15) is 0 Å². The molecule has 1 aliphatic rings. The summed E-state index contributed by atoms with van der Waals surface area (Å²) in [6, 6.07) is 0.532. The van der Waals surface area contributed by atoms with Gasteiger partial charge in [0, 0.05) is 18.3 Å². The van der Waals surface area contributed by atoms with Crippen LogP contribution in [0.2, 0.25) is 0 Å². The van der Waals surface area contributed by atoms with Gasteiger partial charge in [0.05, 0.1) is 4.87 Å². The Morgan fingerprint density at radius 3 is 2.67 bits per heavy atom. The quantitative estimate of drug-likeness (QED) is 0.562. The number of rotatable bonds is 1. The predicted molar refractivity (Wildman–Crippen MR) is 42.5 cm³/mol. The molecular formula is C6H14N2S. The van der Waals surface area contributed by atoms with Gasteiger partial charge in [0.1, 0.15) is 0 Å². The van der Waals surface area contributed by atoms with Crippen molar-refractivity contribution in [3.8, 4) is 0 Å². The summed E-state index contributed by atoms with van der Waals surface area (Å²) in [6.07, 6.45) is 0.